The third-order valence-electron chi connectivity index (χ3n) is 2.55. The molecule has 2 heterocycles. The minimum Gasteiger partial charge on any atom is -0.467 e. The molecule has 0 unspecified atom stereocenters. The van der Waals surface area contributed by atoms with E-state index in [4.69, 9.17) is 0 Å². The normalized spacial score (nSPS) is 12.4. The zero-order valence-electron chi connectivity index (χ0n) is 10.3. The number of esters is 1. The highest BCUT2D eigenvalue weighted by Gasteiger charge is 2.21. The molecule has 96 valence electrons. The van der Waals surface area contributed by atoms with E-state index in [9.17, 15) is 9.59 Å². The van der Waals surface area contributed by atoms with Gasteiger partial charge < -0.3 is 10.1 Å². The summed E-state index contributed by atoms with van der Waals surface area (Å²) in [6.45, 7) is 3.34. The maximum atomic E-state index is 12.1. The zero-order chi connectivity index (χ0) is 13.3. The number of imidazole rings is 1. The number of nitrogens with zero attached hydrogens (tertiary/aromatic N) is 2. The molecular weight excluding hydrogens is 254 g/mol. The van der Waals surface area contributed by atoms with Crippen LogP contribution in [0.2, 0.25) is 0 Å². The standard InChI is InChI=1S/C11H13N3O3S/c1-6-8(14-4-5-18-11(14)13-6)9(15)12-7(2)10(16)17-3/h4-5,7H,1-3H3,(H,12,15)/t7-/m0/s1. The van der Waals surface area contributed by atoms with E-state index in [0.717, 1.165) is 4.96 Å². The lowest BCUT2D eigenvalue weighted by molar-refractivity contribution is -0.142. The van der Waals surface area contributed by atoms with Crippen LogP contribution in [0.25, 0.3) is 4.96 Å². The van der Waals surface area contributed by atoms with E-state index in [-0.39, 0.29) is 5.91 Å². The number of fused-ring (bicyclic) bond motifs is 1. The van der Waals surface area contributed by atoms with E-state index in [1.807, 2.05) is 5.38 Å². The first-order chi connectivity index (χ1) is 8.54. The fraction of sp³-hybridized carbons (Fsp3) is 0.364. The molecule has 2 aromatic heterocycles. The van der Waals surface area contributed by atoms with Crippen molar-refractivity contribution in [3.63, 3.8) is 0 Å². The van der Waals surface area contributed by atoms with Crippen molar-refractivity contribution in [2.24, 2.45) is 0 Å². The van der Waals surface area contributed by atoms with E-state index in [1.165, 1.54) is 18.4 Å². The van der Waals surface area contributed by atoms with Gasteiger partial charge in [0, 0.05) is 11.6 Å². The second-order valence-electron chi connectivity index (χ2n) is 3.82. The van der Waals surface area contributed by atoms with Crippen LogP contribution in [-0.2, 0) is 9.53 Å². The lowest BCUT2D eigenvalue weighted by atomic mass is 10.3. The maximum Gasteiger partial charge on any atom is 0.328 e. The Bertz CT molecular complexity index is 602. The Labute approximate surface area is 108 Å². The Balaban J connectivity index is 2.26. The summed E-state index contributed by atoms with van der Waals surface area (Å²) in [4.78, 5) is 28.4. The Morgan fingerprint density at radius 3 is 2.94 bits per heavy atom. The average molecular weight is 267 g/mol. The summed E-state index contributed by atoms with van der Waals surface area (Å²) in [5.41, 5.74) is 1.08. The van der Waals surface area contributed by atoms with E-state index in [0.29, 0.717) is 11.4 Å². The summed E-state index contributed by atoms with van der Waals surface area (Å²) < 4.78 is 6.27. The molecule has 0 spiro atoms. The Morgan fingerprint density at radius 1 is 1.56 bits per heavy atom. The van der Waals surface area contributed by atoms with Gasteiger partial charge in [0.15, 0.2) is 4.96 Å². The molecule has 0 aliphatic heterocycles. The van der Waals surface area contributed by atoms with E-state index < -0.39 is 12.0 Å². The molecule has 0 fully saturated rings. The first-order valence-corrected chi connectivity index (χ1v) is 6.23. The van der Waals surface area contributed by atoms with Gasteiger partial charge in [-0.3, -0.25) is 9.20 Å². The smallest absolute Gasteiger partial charge is 0.328 e. The zero-order valence-corrected chi connectivity index (χ0v) is 11.1. The summed E-state index contributed by atoms with van der Waals surface area (Å²) in [5.74, 6) is -0.816. The van der Waals surface area contributed by atoms with Gasteiger partial charge in [-0.2, -0.15) is 0 Å². The van der Waals surface area contributed by atoms with Crippen molar-refractivity contribution in [3.8, 4) is 0 Å². The van der Waals surface area contributed by atoms with Gasteiger partial charge in [0.1, 0.15) is 11.7 Å². The summed E-state index contributed by atoms with van der Waals surface area (Å²) in [6.07, 6.45) is 1.78. The van der Waals surface area contributed by atoms with Crippen LogP contribution in [0.15, 0.2) is 11.6 Å². The third kappa shape index (κ3) is 2.08. The van der Waals surface area contributed by atoms with Gasteiger partial charge in [0.2, 0.25) is 0 Å². The highest BCUT2D eigenvalue weighted by atomic mass is 32.1. The lowest BCUT2D eigenvalue weighted by Gasteiger charge is -2.11. The first kappa shape index (κ1) is 12.6. The molecule has 18 heavy (non-hydrogen) atoms. The summed E-state index contributed by atoms with van der Waals surface area (Å²) in [7, 11) is 1.28. The Hall–Kier alpha value is -1.89. The van der Waals surface area contributed by atoms with E-state index in [1.54, 1.807) is 24.4 Å². The number of rotatable bonds is 3. The van der Waals surface area contributed by atoms with Crippen LogP contribution in [0.1, 0.15) is 23.1 Å². The van der Waals surface area contributed by atoms with Gasteiger partial charge in [0.25, 0.3) is 5.91 Å². The van der Waals surface area contributed by atoms with Gasteiger partial charge in [-0.15, -0.1) is 11.3 Å². The lowest BCUT2D eigenvalue weighted by Crippen LogP contribution is -2.39. The monoisotopic (exact) mass is 267 g/mol. The molecule has 0 saturated carbocycles. The molecule has 0 saturated heterocycles. The molecule has 6 nitrogen and oxygen atoms in total. The molecule has 2 rings (SSSR count). The predicted molar refractivity (Wildman–Crippen MR) is 66.8 cm³/mol. The van der Waals surface area contributed by atoms with Crippen LogP contribution in [0, 0.1) is 6.92 Å². The van der Waals surface area contributed by atoms with Crippen molar-refractivity contribution in [2.45, 2.75) is 19.9 Å². The molecule has 2 aromatic rings. The van der Waals surface area contributed by atoms with Crippen LogP contribution < -0.4 is 5.32 Å². The maximum absolute atomic E-state index is 12.1. The van der Waals surface area contributed by atoms with Gasteiger partial charge in [-0.05, 0) is 13.8 Å². The van der Waals surface area contributed by atoms with E-state index in [2.05, 4.69) is 15.0 Å². The number of hydrogen-bond acceptors (Lipinski definition) is 5. The van der Waals surface area contributed by atoms with Gasteiger partial charge in [-0.25, -0.2) is 9.78 Å². The molecule has 0 bridgehead atoms. The minimum absolute atomic E-state index is 0.337. The number of aryl methyl sites for hydroxylation is 1. The van der Waals surface area contributed by atoms with Crippen LogP contribution >= 0.6 is 11.3 Å². The average Bonchev–Trinajstić information content (AvgIpc) is 2.86. The van der Waals surface area contributed by atoms with Crippen molar-refractivity contribution in [1.82, 2.24) is 14.7 Å². The second-order valence-corrected chi connectivity index (χ2v) is 4.69. The van der Waals surface area contributed by atoms with Crippen LogP contribution in [0.5, 0.6) is 0 Å². The van der Waals surface area contributed by atoms with Gasteiger partial charge in [-0.1, -0.05) is 0 Å². The summed E-state index contributed by atoms with van der Waals surface area (Å²) >= 11 is 1.45. The summed E-state index contributed by atoms with van der Waals surface area (Å²) in [5, 5.41) is 4.44. The fourth-order valence-corrected chi connectivity index (χ4v) is 2.43. The van der Waals surface area contributed by atoms with Crippen molar-refractivity contribution < 1.29 is 14.3 Å². The Morgan fingerprint density at radius 2 is 2.28 bits per heavy atom. The third-order valence-corrected chi connectivity index (χ3v) is 3.31. The number of methoxy groups -OCH3 is 1. The first-order valence-electron chi connectivity index (χ1n) is 5.35. The number of ether oxygens (including phenoxy) is 1. The largest absolute Gasteiger partial charge is 0.467 e. The summed E-state index contributed by atoms with van der Waals surface area (Å²) in [6, 6.07) is -0.689. The number of hydrogen-bond donors (Lipinski definition) is 1. The molecule has 0 aliphatic rings. The number of carbonyl (C=O) groups excluding carboxylic acids is 2. The van der Waals surface area contributed by atoms with Crippen molar-refractivity contribution in [3.05, 3.63) is 23.0 Å². The van der Waals surface area contributed by atoms with Crippen LogP contribution in [0.4, 0.5) is 0 Å². The molecule has 0 aliphatic carbocycles. The molecule has 1 amide bonds. The fourth-order valence-electron chi connectivity index (χ4n) is 1.67. The Kier molecular flexibility index (Phi) is 3.33. The van der Waals surface area contributed by atoms with Crippen molar-refractivity contribution in [2.75, 3.05) is 7.11 Å². The van der Waals surface area contributed by atoms with E-state index >= 15 is 0 Å². The van der Waals surface area contributed by atoms with Crippen LogP contribution in [0.3, 0.4) is 0 Å². The predicted octanol–water partition coefficient (Wildman–Crippen LogP) is 0.996. The second kappa shape index (κ2) is 4.77. The number of thiazole rings is 1. The highest BCUT2D eigenvalue weighted by Crippen LogP contribution is 2.16. The number of aromatic nitrogens is 2. The molecule has 1 atom stereocenters. The van der Waals surface area contributed by atoms with Gasteiger partial charge in [0.05, 0.1) is 12.8 Å². The SMILES string of the molecule is COC(=O)[C@H](C)NC(=O)c1c(C)nc2sccn12. The molecule has 0 radical (unpaired) electrons. The van der Waals surface area contributed by atoms with Crippen LogP contribution in [-0.4, -0.2) is 34.4 Å². The topological polar surface area (TPSA) is 72.7 Å². The molecule has 7 heteroatoms. The quantitative estimate of drug-likeness (QED) is 0.842. The van der Waals surface area contributed by atoms with Crippen molar-refractivity contribution >= 4 is 28.2 Å². The molecular formula is C11H13N3O3S. The number of nitrogens with one attached hydrogen (secondary N) is 1. The van der Waals surface area contributed by atoms with Gasteiger partial charge >= 0.3 is 5.97 Å². The number of amides is 1. The minimum atomic E-state index is -0.689. The van der Waals surface area contributed by atoms with Crippen molar-refractivity contribution in [1.29, 1.82) is 0 Å². The molecule has 0 aromatic carbocycles. The molecule has 1 N–H and O–H groups in total. The number of carbonyl (C=O) groups is 2. The highest BCUT2D eigenvalue weighted by molar-refractivity contribution is 7.15.